The molecule has 6 nitrogen and oxygen atoms in total. The van der Waals surface area contributed by atoms with Crippen molar-refractivity contribution in [2.24, 2.45) is 7.05 Å². The fraction of sp³-hybridized carbons (Fsp3) is 0.111. The quantitative estimate of drug-likeness (QED) is 0.668. The fourth-order valence-corrected chi connectivity index (χ4v) is 1.62. The number of carbonyl (C=O) groups excluding carboxylic acids is 1. The topological polar surface area (TPSA) is 72.7 Å². The molecule has 2 rings (SSSR count). The van der Waals surface area contributed by atoms with Gasteiger partial charge >= 0.3 is 0 Å². The van der Waals surface area contributed by atoms with Gasteiger partial charge in [0, 0.05) is 13.1 Å². The molecule has 0 fully saturated rings. The van der Waals surface area contributed by atoms with Crippen molar-refractivity contribution in [3.05, 3.63) is 34.7 Å². The molecule has 0 aliphatic carbocycles. The summed E-state index contributed by atoms with van der Waals surface area (Å²) in [5, 5.41) is 2.67. The number of aryl methyl sites for hydroxylation is 1. The van der Waals surface area contributed by atoms with E-state index >= 15 is 0 Å². The zero-order valence-corrected chi connectivity index (χ0v) is 10.2. The monoisotopic (exact) mass is 271 g/mol. The fourth-order valence-electron chi connectivity index (χ4n) is 1.21. The van der Waals surface area contributed by atoms with Crippen LogP contribution in [0, 0.1) is 0 Å². The number of hydrogen-bond acceptors (Lipinski definition) is 4. The van der Waals surface area contributed by atoms with Crippen molar-refractivity contribution < 1.29 is 4.79 Å². The van der Waals surface area contributed by atoms with Gasteiger partial charge in [-0.15, -0.1) is 0 Å². The van der Waals surface area contributed by atoms with Crippen LogP contribution in [0.1, 0.15) is 10.5 Å². The number of rotatable bonds is 2. The number of amides is 1. The molecule has 88 valence electrons. The maximum Gasteiger partial charge on any atom is 0.275 e. The largest absolute Gasteiger partial charge is 0.330 e. The van der Waals surface area contributed by atoms with E-state index in [0.717, 1.165) is 0 Å². The van der Waals surface area contributed by atoms with Crippen LogP contribution in [0.3, 0.4) is 0 Å². The SMILES string of the molecule is Cn1cncc1C(=O)Nc1cc(Cl)nc(Cl)n1. The molecule has 2 aromatic heterocycles. The molecule has 0 saturated carbocycles. The predicted molar refractivity (Wildman–Crippen MR) is 63.2 cm³/mol. The highest BCUT2D eigenvalue weighted by Gasteiger charge is 2.11. The highest BCUT2D eigenvalue weighted by Crippen LogP contribution is 2.15. The highest BCUT2D eigenvalue weighted by atomic mass is 35.5. The maximum absolute atomic E-state index is 11.8. The van der Waals surface area contributed by atoms with Crippen LogP contribution in [0.4, 0.5) is 5.82 Å². The standard InChI is InChI=1S/C9H7Cl2N5O/c1-16-4-12-3-5(16)8(17)14-7-2-6(10)13-9(11)15-7/h2-4H,1H3,(H,13,14,15,17). The van der Waals surface area contributed by atoms with Gasteiger partial charge in [-0.3, -0.25) is 4.79 Å². The Kier molecular flexibility index (Phi) is 3.26. The van der Waals surface area contributed by atoms with Crippen LogP contribution in [0.15, 0.2) is 18.6 Å². The summed E-state index contributed by atoms with van der Waals surface area (Å²) < 4.78 is 1.58. The molecule has 0 saturated heterocycles. The third kappa shape index (κ3) is 2.72. The lowest BCUT2D eigenvalue weighted by Crippen LogP contribution is -2.16. The van der Waals surface area contributed by atoms with Crippen molar-refractivity contribution in [3.8, 4) is 0 Å². The van der Waals surface area contributed by atoms with E-state index < -0.39 is 0 Å². The Bertz CT molecular complexity index is 548. The van der Waals surface area contributed by atoms with Crippen LogP contribution in [0.2, 0.25) is 10.4 Å². The number of nitrogens with zero attached hydrogens (tertiary/aromatic N) is 4. The third-order valence-electron chi connectivity index (χ3n) is 1.96. The molecule has 0 unspecified atom stereocenters. The Balaban J connectivity index is 2.21. The zero-order chi connectivity index (χ0) is 12.4. The second-order valence-corrected chi connectivity index (χ2v) is 3.91. The first-order valence-electron chi connectivity index (χ1n) is 4.54. The molecule has 1 amide bonds. The van der Waals surface area contributed by atoms with E-state index in [-0.39, 0.29) is 22.2 Å². The smallest absolute Gasteiger partial charge is 0.275 e. The summed E-state index contributed by atoms with van der Waals surface area (Å²) in [5.74, 6) is -0.114. The Morgan fingerprint density at radius 1 is 1.41 bits per heavy atom. The van der Waals surface area contributed by atoms with Gasteiger partial charge < -0.3 is 9.88 Å². The van der Waals surface area contributed by atoms with E-state index in [0.29, 0.717) is 5.69 Å². The van der Waals surface area contributed by atoms with Crippen LogP contribution < -0.4 is 5.32 Å². The lowest BCUT2D eigenvalue weighted by molar-refractivity contribution is 0.101. The van der Waals surface area contributed by atoms with Gasteiger partial charge in [-0.05, 0) is 11.6 Å². The van der Waals surface area contributed by atoms with Crippen molar-refractivity contribution in [1.82, 2.24) is 19.5 Å². The van der Waals surface area contributed by atoms with Crippen LogP contribution in [-0.4, -0.2) is 25.4 Å². The van der Waals surface area contributed by atoms with E-state index in [1.165, 1.54) is 18.6 Å². The van der Waals surface area contributed by atoms with E-state index in [2.05, 4.69) is 20.3 Å². The van der Waals surface area contributed by atoms with Crippen LogP contribution >= 0.6 is 23.2 Å². The van der Waals surface area contributed by atoms with E-state index in [4.69, 9.17) is 23.2 Å². The lowest BCUT2D eigenvalue weighted by atomic mass is 10.4. The van der Waals surface area contributed by atoms with Gasteiger partial charge in [-0.25, -0.2) is 15.0 Å². The first kappa shape index (κ1) is 11.8. The maximum atomic E-state index is 11.8. The summed E-state index contributed by atoms with van der Waals surface area (Å²) in [6.07, 6.45) is 2.97. The van der Waals surface area contributed by atoms with Gasteiger partial charge in [-0.2, -0.15) is 0 Å². The van der Waals surface area contributed by atoms with E-state index in [9.17, 15) is 4.79 Å². The molecule has 17 heavy (non-hydrogen) atoms. The molecule has 0 bridgehead atoms. The van der Waals surface area contributed by atoms with Gasteiger partial charge in [0.05, 0.1) is 12.5 Å². The van der Waals surface area contributed by atoms with Crippen molar-refractivity contribution in [2.45, 2.75) is 0 Å². The normalized spacial score (nSPS) is 10.3. The van der Waals surface area contributed by atoms with Crippen LogP contribution in [0.25, 0.3) is 0 Å². The number of hydrogen-bond donors (Lipinski definition) is 1. The summed E-state index contributed by atoms with van der Waals surface area (Å²) >= 11 is 11.3. The number of halogens is 2. The van der Waals surface area contributed by atoms with Crippen molar-refractivity contribution in [2.75, 3.05) is 5.32 Å². The number of carbonyl (C=O) groups is 1. The summed E-state index contributed by atoms with van der Waals surface area (Å²) in [5.41, 5.74) is 0.399. The molecule has 2 heterocycles. The molecule has 0 spiro atoms. The lowest BCUT2D eigenvalue weighted by Gasteiger charge is -2.04. The molecule has 8 heteroatoms. The summed E-state index contributed by atoms with van der Waals surface area (Å²) in [6, 6.07) is 1.40. The third-order valence-corrected chi connectivity index (χ3v) is 2.32. The number of aromatic nitrogens is 4. The van der Waals surface area contributed by atoms with Gasteiger partial charge in [0.25, 0.3) is 5.91 Å². The van der Waals surface area contributed by atoms with Crippen molar-refractivity contribution in [1.29, 1.82) is 0 Å². The van der Waals surface area contributed by atoms with Gasteiger partial charge in [0.15, 0.2) is 0 Å². The molecule has 1 N–H and O–H groups in total. The minimum atomic E-state index is -0.351. The molecule has 0 radical (unpaired) electrons. The molecule has 0 aliphatic rings. The van der Waals surface area contributed by atoms with Gasteiger partial charge in [-0.1, -0.05) is 11.6 Å². The predicted octanol–water partition coefficient (Wildman–Crippen LogP) is 1.77. The second kappa shape index (κ2) is 4.68. The molecular formula is C9H7Cl2N5O. The Labute approximate surface area is 107 Å². The molecule has 2 aromatic rings. The first-order chi connectivity index (χ1) is 8.06. The molecule has 0 aromatic carbocycles. The minimum absolute atomic E-state index is 0.0298. The van der Waals surface area contributed by atoms with Crippen LogP contribution in [-0.2, 0) is 7.05 Å². The van der Waals surface area contributed by atoms with Gasteiger partial charge in [0.2, 0.25) is 5.28 Å². The van der Waals surface area contributed by atoms with Crippen molar-refractivity contribution in [3.63, 3.8) is 0 Å². The zero-order valence-electron chi connectivity index (χ0n) is 8.69. The molecule has 0 aliphatic heterocycles. The number of imidazole rings is 1. The Morgan fingerprint density at radius 2 is 2.18 bits per heavy atom. The summed E-state index contributed by atoms with van der Waals surface area (Å²) in [4.78, 5) is 23.1. The van der Waals surface area contributed by atoms with Crippen molar-refractivity contribution >= 4 is 34.9 Å². The molecular weight excluding hydrogens is 265 g/mol. The number of anilines is 1. The van der Waals surface area contributed by atoms with Crippen LogP contribution in [0.5, 0.6) is 0 Å². The molecule has 0 atom stereocenters. The second-order valence-electron chi connectivity index (χ2n) is 3.19. The van der Waals surface area contributed by atoms with E-state index in [1.54, 1.807) is 11.6 Å². The average molecular weight is 272 g/mol. The van der Waals surface area contributed by atoms with E-state index in [1.807, 2.05) is 0 Å². The van der Waals surface area contributed by atoms with Gasteiger partial charge in [0.1, 0.15) is 16.7 Å². The summed E-state index contributed by atoms with van der Waals surface area (Å²) in [6.45, 7) is 0. The highest BCUT2D eigenvalue weighted by molar-refractivity contribution is 6.32. The Hall–Kier alpha value is -1.66. The summed E-state index contributed by atoms with van der Waals surface area (Å²) in [7, 11) is 1.71. The first-order valence-corrected chi connectivity index (χ1v) is 5.29. The average Bonchev–Trinajstić information content (AvgIpc) is 2.62. The number of nitrogens with one attached hydrogen (secondary N) is 1. The Morgan fingerprint density at radius 3 is 2.76 bits per heavy atom. The minimum Gasteiger partial charge on any atom is -0.330 e.